The first-order valence-electron chi connectivity index (χ1n) is 7.22. The Hall–Kier alpha value is -1.55. The number of carboxylic acid groups (broad SMARTS) is 1. The number of nitrogens with zero attached hydrogens (tertiary/aromatic N) is 1. The van der Waals surface area contributed by atoms with E-state index < -0.39 is 5.97 Å². The molecule has 2 N–H and O–H groups in total. The molecule has 4 nitrogen and oxygen atoms in total. The third-order valence-electron chi connectivity index (χ3n) is 3.54. The summed E-state index contributed by atoms with van der Waals surface area (Å²) < 4.78 is 0. The van der Waals surface area contributed by atoms with Crippen LogP contribution in [0.2, 0.25) is 0 Å². The number of carbonyl (C=O) groups is 1. The molecule has 4 heteroatoms. The van der Waals surface area contributed by atoms with Crippen LogP contribution in [-0.2, 0) is 4.79 Å². The van der Waals surface area contributed by atoms with Gasteiger partial charge in [0.2, 0.25) is 0 Å². The number of hydrogen-bond donors (Lipinski definition) is 2. The van der Waals surface area contributed by atoms with Crippen LogP contribution in [0.1, 0.15) is 51.6 Å². The van der Waals surface area contributed by atoms with Gasteiger partial charge in [0.25, 0.3) is 0 Å². The number of benzene rings is 1. The molecule has 0 spiro atoms. The highest BCUT2D eigenvalue weighted by Gasteiger charge is 2.21. The van der Waals surface area contributed by atoms with E-state index in [-0.39, 0.29) is 18.2 Å². The predicted octanol–water partition coefficient (Wildman–Crippen LogP) is 3.42. The van der Waals surface area contributed by atoms with Crippen molar-refractivity contribution in [1.29, 1.82) is 0 Å². The molecule has 0 aliphatic heterocycles. The number of hydrogen-bond acceptors (Lipinski definition) is 3. The normalized spacial score (nSPS) is 12.8. The number of aromatic hydroxyl groups is 1. The summed E-state index contributed by atoms with van der Waals surface area (Å²) in [7, 11) is 0. The second kappa shape index (κ2) is 7.90. The zero-order chi connectivity index (χ0) is 15.1. The lowest BCUT2D eigenvalue weighted by Crippen LogP contribution is -2.35. The summed E-state index contributed by atoms with van der Waals surface area (Å²) in [5.41, 5.74) is 1.16. The van der Waals surface area contributed by atoms with Gasteiger partial charge in [0.1, 0.15) is 5.75 Å². The maximum absolute atomic E-state index is 10.7. The van der Waals surface area contributed by atoms with E-state index in [2.05, 4.69) is 25.7 Å². The van der Waals surface area contributed by atoms with E-state index in [0.29, 0.717) is 12.5 Å². The molecule has 1 aromatic carbocycles. The van der Waals surface area contributed by atoms with Crippen molar-refractivity contribution < 1.29 is 15.0 Å². The minimum absolute atomic E-state index is 0.204. The Labute approximate surface area is 121 Å². The van der Waals surface area contributed by atoms with Gasteiger partial charge >= 0.3 is 5.97 Å². The van der Waals surface area contributed by atoms with Gasteiger partial charge in [-0.05, 0) is 50.9 Å². The SMILES string of the molecule is CCC(c1ccc(O)cc1)N(CCCC(=O)O)C(C)C. The number of phenolic OH excluding ortho intramolecular Hbond substituents is 1. The summed E-state index contributed by atoms with van der Waals surface area (Å²) in [5.74, 6) is -0.475. The van der Waals surface area contributed by atoms with Crippen molar-refractivity contribution >= 4 is 5.97 Å². The average Bonchev–Trinajstić information content (AvgIpc) is 2.39. The molecule has 0 aromatic heterocycles. The van der Waals surface area contributed by atoms with E-state index in [1.807, 2.05) is 12.1 Å². The van der Waals surface area contributed by atoms with Crippen molar-refractivity contribution in [1.82, 2.24) is 4.90 Å². The fraction of sp³-hybridized carbons (Fsp3) is 0.562. The minimum atomic E-state index is -0.744. The van der Waals surface area contributed by atoms with Crippen LogP contribution < -0.4 is 0 Å². The summed E-state index contributed by atoms with van der Waals surface area (Å²) in [6.45, 7) is 7.15. The van der Waals surface area contributed by atoms with Gasteiger partial charge in [-0.2, -0.15) is 0 Å². The van der Waals surface area contributed by atoms with E-state index in [1.165, 1.54) is 0 Å². The van der Waals surface area contributed by atoms with Gasteiger partial charge in [0, 0.05) is 18.5 Å². The molecule has 112 valence electrons. The first-order chi connectivity index (χ1) is 9.45. The van der Waals surface area contributed by atoms with Gasteiger partial charge in [-0.25, -0.2) is 0 Å². The van der Waals surface area contributed by atoms with Crippen LogP contribution in [0.3, 0.4) is 0 Å². The lowest BCUT2D eigenvalue weighted by Gasteiger charge is -2.35. The molecular formula is C16H25NO3. The largest absolute Gasteiger partial charge is 0.508 e. The second-order valence-corrected chi connectivity index (χ2v) is 5.34. The molecule has 1 rings (SSSR count). The van der Waals surface area contributed by atoms with Crippen molar-refractivity contribution in [2.45, 2.75) is 52.1 Å². The monoisotopic (exact) mass is 279 g/mol. The quantitative estimate of drug-likeness (QED) is 0.765. The van der Waals surface area contributed by atoms with Crippen LogP contribution in [0.15, 0.2) is 24.3 Å². The second-order valence-electron chi connectivity index (χ2n) is 5.34. The predicted molar refractivity (Wildman–Crippen MR) is 79.9 cm³/mol. The van der Waals surface area contributed by atoms with E-state index in [0.717, 1.165) is 18.5 Å². The van der Waals surface area contributed by atoms with Crippen LogP contribution in [0.25, 0.3) is 0 Å². The van der Waals surface area contributed by atoms with Crippen LogP contribution >= 0.6 is 0 Å². The number of phenols is 1. The van der Waals surface area contributed by atoms with Crippen LogP contribution in [0.4, 0.5) is 0 Å². The first kappa shape index (κ1) is 16.5. The van der Waals surface area contributed by atoms with E-state index in [1.54, 1.807) is 12.1 Å². The Balaban J connectivity index is 2.80. The highest BCUT2D eigenvalue weighted by molar-refractivity contribution is 5.66. The molecular weight excluding hydrogens is 254 g/mol. The Bertz CT molecular complexity index is 414. The van der Waals surface area contributed by atoms with Crippen LogP contribution in [0.5, 0.6) is 5.75 Å². The van der Waals surface area contributed by atoms with E-state index >= 15 is 0 Å². The molecule has 1 unspecified atom stereocenters. The Morgan fingerprint density at radius 2 is 1.85 bits per heavy atom. The number of aliphatic carboxylic acids is 1. The molecule has 0 heterocycles. The Morgan fingerprint density at radius 3 is 2.30 bits per heavy atom. The lowest BCUT2D eigenvalue weighted by atomic mass is 10.0. The average molecular weight is 279 g/mol. The summed E-state index contributed by atoms with van der Waals surface area (Å²) >= 11 is 0. The molecule has 0 aliphatic rings. The fourth-order valence-electron chi connectivity index (χ4n) is 2.54. The van der Waals surface area contributed by atoms with Gasteiger partial charge in [-0.1, -0.05) is 19.1 Å². The smallest absolute Gasteiger partial charge is 0.303 e. The minimum Gasteiger partial charge on any atom is -0.508 e. The van der Waals surface area contributed by atoms with Gasteiger partial charge in [0.05, 0.1) is 0 Å². The summed E-state index contributed by atoms with van der Waals surface area (Å²) in [4.78, 5) is 13.0. The van der Waals surface area contributed by atoms with Gasteiger partial charge in [0.15, 0.2) is 0 Å². The zero-order valence-corrected chi connectivity index (χ0v) is 12.5. The topological polar surface area (TPSA) is 60.8 Å². The maximum atomic E-state index is 10.7. The Morgan fingerprint density at radius 1 is 1.25 bits per heavy atom. The summed E-state index contributed by atoms with van der Waals surface area (Å²) in [6.07, 6.45) is 1.81. The van der Waals surface area contributed by atoms with E-state index in [4.69, 9.17) is 5.11 Å². The molecule has 0 fully saturated rings. The van der Waals surface area contributed by atoms with Gasteiger partial charge < -0.3 is 10.2 Å². The van der Waals surface area contributed by atoms with Crippen molar-refractivity contribution in [3.63, 3.8) is 0 Å². The van der Waals surface area contributed by atoms with Gasteiger partial charge in [-0.15, -0.1) is 0 Å². The molecule has 20 heavy (non-hydrogen) atoms. The molecule has 1 aromatic rings. The molecule has 1 atom stereocenters. The lowest BCUT2D eigenvalue weighted by molar-refractivity contribution is -0.137. The molecule has 0 radical (unpaired) electrons. The maximum Gasteiger partial charge on any atom is 0.303 e. The highest BCUT2D eigenvalue weighted by atomic mass is 16.4. The third-order valence-corrected chi connectivity index (χ3v) is 3.54. The van der Waals surface area contributed by atoms with Gasteiger partial charge in [-0.3, -0.25) is 9.69 Å². The zero-order valence-electron chi connectivity index (χ0n) is 12.5. The van der Waals surface area contributed by atoms with E-state index in [9.17, 15) is 9.90 Å². The van der Waals surface area contributed by atoms with Crippen LogP contribution in [0, 0.1) is 0 Å². The molecule has 0 aliphatic carbocycles. The Kier molecular flexibility index (Phi) is 6.52. The summed E-state index contributed by atoms with van der Waals surface area (Å²) in [6, 6.07) is 7.89. The fourth-order valence-corrected chi connectivity index (χ4v) is 2.54. The number of rotatable bonds is 8. The number of carboxylic acids is 1. The van der Waals surface area contributed by atoms with Crippen molar-refractivity contribution in [3.05, 3.63) is 29.8 Å². The van der Waals surface area contributed by atoms with Crippen LogP contribution in [-0.4, -0.2) is 33.7 Å². The standard InChI is InChI=1S/C16H25NO3/c1-4-15(13-7-9-14(18)10-8-13)17(12(2)3)11-5-6-16(19)20/h7-10,12,15,18H,4-6,11H2,1-3H3,(H,19,20). The summed E-state index contributed by atoms with van der Waals surface area (Å²) in [5, 5.41) is 18.1. The van der Waals surface area contributed by atoms with Crippen molar-refractivity contribution in [3.8, 4) is 5.75 Å². The molecule has 0 saturated heterocycles. The molecule has 0 saturated carbocycles. The molecule has 0 bridgehead atoms. The molecule has 0 amide bonds. The van der Waals surface area contributed by atoms with Crippen molar-refractivity contribution in [2.24, 2.45) is 0 Å². The first-order valence-corrected chi connectivity index (χ1v) is 7.22. The van der Waals surface area contributed by atoms with Crippen molar-refractivity contribution in [2.75, 3.05) is 6.54 Å². The third kappa shape index (κ3) is 4.85. The highest BCUT2D eigenvalue weighted by Crippen LogP contribution is 2.27.